The minimum atomic E-state index is -0.118. The highest BCUT2D eigenvalue weighted by Gasteiger charge is 2.28. The summed E-state index contributed by atoms with van der Waals surface area (Å²) in [5, 5.41) is 4.51. The Kier molecular flexibility index (Phi) is 4.64. The Morgan fingerprint density at radius 3 is 2.88 bits per heavy atom. The molecule has 2 aliphatic heterocycles. The Hall–Kier alpha value is -2.39. The molecule has 1 fully saturated rings. The van der Waals surface area contributed by atoms with Crippen LogP contribution in [0.2, 0.25) is 0 Å². The third-order valence-electron chi connectivity index (χ3n) is 4.83. The normalized spacial score (nSPS) is 21.6. The van der Waals surface area contributed by atoms with Crippen molar-refractivity contribution in [3.8, 4) is 23.0 Å². The first kappa shape index (κ1) is 17.0. The van der Waals surface area contributed by atoms with Gasteiger partial charge in [0.25, 0.3) is 4.84 Å². The molecule has 2 aromatic rings. The summed E-state index contributed by atoms with van der Waals surface area (Å²) >= 11 is 5.31. The van der Waals surface area contributed by atoms with Crippen LogP contribution in [0.3, 0.4) is 0 Å². The molecule has 0 radical (unpaired) electrons. The van der Waals surface area contributed by atoms with Crippen LogP contribution in [-0.2, 0) is 16.2 Å². The van der Waals surface area contributed by atoms with Crippen LogP contribution < -0.4 is 14.4 Å². The monoisotopic (exact) mass is 378 g/mol. The lowest BCUT2D eigenvalue weighted by Crippen LogP contribution is -3.12. The van der Waals surface area contributed by atoms with Gasteiger partial charge in [0.1, 0.15) is 0 Å². The van der Waals surface area contributed by atoms with Gasteiger partial charge in [-0.3, -0.25) is 4.79 Å². The lowest BCUT2D eigenvalue weighted by molar-refractivity contribution is -0.929. The van der Waals surface area contributed by atoms with Gasteiger partial charge in [-0.05, 0) is 30.4 Å². The molecule has 1 N–H and O–H groups in total. The SMILES string of the molecule is COC(=O)C1CC[NH+](Cn2nc(-c3ccc4c(c3)OCO4)oc2=S)CC1. The number of hydrogen-bond donors (Lipinski definition) is 1. The van der Waals surface area contributed by atoms with Gasteiger partial charge in [-0.15, -0.1) is 5.10 Å². The Morgan fingerprint density at radius 2 is 2.12 bits per heavy atom. The molecule has 0 saturated carbocycles. The van der Waals surface area contributed by atoms with Gasteiger partial charge in [-0.1, -0.05) is 0 Å². The van der Waals surface area contributed by atoms with Gasteiger partial charge in [0.05, 0.1) is 26.1 Å². The molecule has 9 heteroatoms. The number of aromatic nitrogens is 2. The summed E-state index contributed by atoms with van der Waals surface area (Å²) in [6.45, 7) is 2.57. The number of quaternary nitrogens is 1. The standard InChI is InChI=1S/C17H19N3O5S/c1-22-16(21)11-4-6-19(7-5-11)9-20-17(26)25-15(18-20)12-2-3-13-14(8-12)24-10-23-13/h2-3,8,11H,4-7,9-10H2,1H3/p+1. The molecule has 0 bridgehead atoms. The van der Waals surface area contributed by atoms with Crippen LogP contribution in [0.25, 0.3) is 11.5 Å². The molecule has 0 unspecified atom stereocenters. The molecule has 1 aromatic carbocycles. The van der Waals surface area contributed by atoms with Crippen LogP contribution >= 0.6 is 12.2 Å². The maximum atomic E-state index is 11.6. The molecule has 2 aliphatic rings. The van der Waals surface area contributed by atoms with Crippen molar-refractivity contribution in [1.29, 1.82) is 0 Å². The topological polar surface area (TPSA) is 80.2 Å². The average molecular weight is 378 g/mol. The number of carbonyl (C=O) groups is 1. The molecule has 8 nitrogen and oxygen atoms in total. The summed E-state index contributed by atoms with van der Waals surface area (Å²) in [7, 11) is 1.44. The van der Waals surface area contributed by atoms with Crippen LogP contribution in [0.1, 0.15) is 12.8 Å². The third kappa shape index (κ3) is 3.32. The smallest absolute Gasteiger partial charge is 0.309 e. The van der Waals surface area contributed by atoms with E-state index in [0.29, 0.717) is 28.9 Å². The van der Waals surface area contributed by atoms with Gasteiger partial charge >= 0.3 is 5.97 Å². The molecular weight excluding hydrogens is 358 g/mol. The molecule has 0 spiro atoms. The van der Waals surface area contributed by atoms with Gasteiger partial charge in [0, 0.05) is 18.4 Å². The van der Waals surface area contributed by atoms with Crippen LogP contribution in [0, 0.1) is 10.8 Å². The van der Waals surface area contributed by atoms with Gasteiger partial charge in [-0.2, -0.15) is 4.68 Å². The summed E-state index contributed by atoms with van der Waals surface area (Å²) in [6, 6.07) is 5.53. The zero-order valence-electron chi connectivity index (χ0n) is 14.4. The van der Waals surface area contributed by atoms with Crippen molar-refractivity contribution in [2.45, 2.75) is 19.5 Å². The van der Waals surface area contributed by atoms with Crippen molar-refractivity contribution in [3.63, 3.8) is 0 Å². The number of rotatable bonds is 4. The Balaban J connectivity index is 1.44. The fourth-order valence-electron chi connectivity index (χ4n) is 3.35. The highest BCUT2D eigenvalue weighted by molar-refractivity contribution is 7.71. The van der Waals surface area contributed by atoms with E-state index >= 15 is 0 Å². The minimum Gasteiger partial charge on any atom is -0.469 e. The molecule has 0 amide bonds. The fourth-order valence-corrected chi connectivity index (χ4v) is 3.54. The number of piperidine rings is 1. The summed E-state index contributed by atoms with van der Waals surface area (Å²) in [5.74, 6) is 1.72. The molecule has 26 heavy (non-hydrogen) atoms. The second-order valence-corrected chi connectivity index (χ2v) is 6.80. The van der Waals surface area contributed by atoms with Gasteiger partial charge in [-0.25, -0.2) is 0 Å². The van der Waals surface area contributed by atoms with Crippen molar-refractivity contribution in [2.75, 3.05) is 27.0 Å². The molecule has 1 saturated heterocycles. The first-order chi connectivity index (χ1) is 12.6. The molecule has 0 aliphatic carbocycles. The van der Waals surface area contributed by atoms with E-state index in [-0.39, 0.29) is 18.7 Å². The number of hydrogen-bond acceptors (Lipinski definition) is 7. The summed E-state index contributed by atoms with van der Waals surface area (Å²) in [6.07, 6.45) is 1.62. The predicted molar refractivity (Wildman–Crippen MR) is 92.3 cm³/mol. The van der Waals surface area contributed by atoms with Crippen molar-refractivity contribution in [1.82, 2.24) is 9.78 Å². The molecule has 1 aromatic heterocycles. The summed E-state index contributed by atoms with van der Waals surface area (Å²) < 4.78 is 22.9. The first-order valence-electron chi connectivity index (χ1n) is 8.53. The van der Waals surface area contributed by atoms with Crippen LogP contribution in [-0.4, -0.2) is 42.7 Å². The average Bonchev–Trinajstić information content (AvgIpc) is 3.28. The van der Waals surface area contributed by atoms with Crippen LogP contribution in [0.5, 0.6) is 11.5 Å². The second kappa shape index (κ2) is 7.08. The maximum absolute atomic E-state index is 11.6. The number of benzene rings is 1. The third-order valence-corrected chi connectivity index (χ3v) is 5.12. The van der Waals surface area contributed by atoms with E-state index in [2.05, 4.69) is 5.10 Å². The minimum absolute atomic E-state index is 0.00164. The fraction of sp³-hybridized carbons (Fsp3) is 0.471. The highest BCUT2D eigenvalue weighted by Crippen LogP contribution is 2.35. The first-order valence-corrected chi connectivity index (χ1v) is 8.94. The number of fused-ring (bicyclic) bond motifs is 1. The highest BCUT2D eigenvalue weighted by atomic mass is 32.1. The van der Waals surface area contributed by atoms with Crippen LogP contribution in [0.15, 0.2) is 22.6 Å². The number of methoxy groups -OCH3 is 1. The van der Waals surface area contributed by atoms with E-state index in [1.54, 1.807) is 4.68 Å². The van der Waals surface area contributed by atoms with Crippen molar-refractivity contribution in [2.24, 2.45) is 5.92 Å². The number of likely N-dealkylation sites (tertiary alicyclic amines) is 1. The Bertz CT molecular complexity index is 870. The van der Waals surface area contributed by atoms with Gasteiger partial charge in [0.15, 0.2) is 18.2 Å². The molecule has 138 valence electrons. The number of esters is 1. The maximum Gasteiger partial charge on any atom is 0.309 e. The number of nitrogens with one attached hydrogen (secondary N) is 1. The van der Waals surface area contributed by atoms with Crippen LogP contribution in [0.4, 0.5) is 0 Å². The lowest BCUT2D eigenvalue weighted by atomic mass is 9.97. The van der Waals surface area contributed by atoms with E-state index < -0.39 is 0 Å². The van der Waals surface area contributed by atoms with Crippen molar-refractivity contribution in [3.05, 3.63) is 23.0 Å². The van der Waals surface area contributed by atoms with E-state index in [1.165, 1.54) is 12.0 Å². The van der Waals surface area contributed by atoms with Crippen molar-refractivity contribution < 1.29 is 28.3 Å². The summed E-state index contributed by atoms with van der Waals surface area (Å²) in [5.41, 5.74) is 0.790. The second-order valence-electron chi connectivity index (χ2n) is 6.45. The zero-order chi connectivity index (χ0) is 18.1. The largest absolute Gasteiger partial charge is 0.469 e. The van der Waals surface area contributed by atoms with Gasteiger partial charge in [0.2, 0.25) is 12.7 Å². The summed E-state index contributed by atoms with van der Waals surface area (Å²) in [4.78, 5) is 13.3. The quantitative estimate of drug-likeness (QED) is 0.629. The number of ether oxygens (including phenoxy) is 3. The van der Waals surface area contributed by atoms with Gasteiger partial charge < -0.3 is 23.5 Å². The lowest BCUT2D eigenvalue weighted by Gasteiger charge is -2.27. The Labute approximate surface area is 155 Å². The van der Waals surface area contributed by atoms with E-state index in [1.807, 2.05) is 18.2 Å². The molecule has 0 atom stereocenters. The van der Waals surface area contributed by atoms with E-state index in [9.17, 15) is 4.79 Å². The number of nitrogens with zero attached hydrogens (tertiary/aromatic N) is 2. The molecular formula is C17H20N3O5S+. The molecule has 4 rings (SSSR count). The Morgan fingerprint density at radius 1 is 1.35 bits per heavy atom. The predicted octanol–water partition coefficient (Wildman–Crippen LogP) is 1.03. The number of carbonyl (C=O) groups excluding carboxylic acids is 1. The molecule has 3 heterocycles. The van der Waals surface area contributed by atoms with E-state index in [0.717, 1.165) is 31.5 Å². The van der Waals surface area contributed by atoms with E-state index in [4.69, 9.17) is 30.8 Å². The zero-order valence-corrected chi connectivity index (χ0v) is 15.2. The van der Waals surface area contributed by atoms with Crippen molar-refractivity contribution >= 4 is 18.2 Å².